The molecule has 7 heteroatoms. The smallest absolute Gasteiger partial charge is 0.256 e. The Labute approximate surface area is 165 Å². The van der Waals surface area contributed by atoms with Crippen molar-refractivity contribution in [2.75, 3.05) is 19.5 Å². The van der Waals surface area contributed by atoms with E-state index in [9.17, 15) is 13.2 Å². The number of sulfonamides is 1. The number of methoxy groups -OCH3 is 1. The van der Waals surface area contributed by atoms with Crippen LogP contribution in [0.25, 0.3) is 11.6 Å². The molecule has 0 aliphatic carbocycles. The molecule has 2 aromatic carbocycles. The summed E-state index contributed by atoms with van der Waals surface area (Å²) in [5, 5.41) is 2.78. The van der Waals surface area contributed by atoms with Crippen LogP contribution in [0.1, 0.15) is 37.5 Å². The zero-order valence-corrected chi connectivity index (χ0v) is 17.4. The lowest BCUT2D eigenvalue weighted by molar-refractivity contribution is -0.110. The average Bonchev–Trinajstić information content (AvgIpc) is 2.95. The second-order valence-electron chi connectivity index (χ2n) is 7.64. The van der Waals surface area contributed by atoms with Gasteiger partial charge in [-0.3, -0.25) is 4.79 Å². The topological polar surface area (TPSA) is 84.5 Å². The van der Waals surface area contributed by atoms with Crippen LogP contribution in [0, 0.1) is 0 Å². The zero-order valence-electron chi connectivity index (χ0n) is 16.6. The Balaban J connectivity index is 2.12. The summed E-state index contributed by atoms with van der Waals surface area (Å²) in [6.07, 6.45) is 1.77. The van der Waals surface area contributed by atoms with Crippen LogP contribution in [0.4, 0.5) is 5.69 Å². The van der Waals surface area contributed by atoms with Crippen molar-refractivity contribution in [3.63, 3.8) is 0 Å². The SMILES string of the molecule is CNS(=O)(=O)c1ccc2c(c1)C(=Cc1ccc(OC)c(C(C)(C)C)c1)C(=O)N2. The van der Waals surface area contributed by atoms with E-state index in [1.807, 2.05) is 18.2 Å². The van der Waals surface area contributed by atoms with Crippen LogP contribution in [0.5, 0.6) is 5.75 Å². The third-order valence-electron chi connectivity index (χ3n) is 4.70. The molecule has 1 heterocycles. The molecule has 0 atom stereocenters. The van der Waals surface area contributed by atoms with E-state index in [1.165, 1.54) is 19.2 Å². The number of hydrogen-bond acceptors (Lipinski definition) is 4. The van der Waals surface area contributed by atoms with Crippen molar-refractivity contribution in [3.8, 4) is 5.75 Å². The fourth-order valence-electron chi connectivity index (χ4n) is 3.16. The maximum Gasteiger partial charge on any atom is 0.256 e. The quantitative estimate of drug-likeness (QED) is 0.771. The van der Waals surface area contributed by atoms with E-state index in [-0.39, 0.29) is 16.2 Å². The molecule has 1 aliphatic rings. The summed E-state index contributed by atoms with van der Waals surface area (Å²) in [6.45, 7) is 6.27. The lowest BCUT2D eigenvalue weighted by Gasteiger charge is -2.22. The van der Waals surface area contributed by atoms with E-state index in [1.54, 1.807) is 19.3 Å². The average molecular weight is 401 g/mol. The highest BCUT2D eigenvalue weighted by molar-refractivity contribution is 7.89. The molecule has 2 aromatic rings. The predicted octanol–water partition coefficient (Wildman–Crippen LogP) is 3.39. The van der Waals surface area contributed by atoms with Crippen molar-refractivity contribution in [3.05, 3.63) is 53.1 Å². The van der Waals surface area contributed by atoms with Crippen molar-refractivity contribution in [2.45, 2.75) is 31.1 Å². The van der Waals surface area contributed by atoms with Crippen LogP contribution in [0.3, 0.4) is 0 Å². The van der Waals surface area contributed by atoms with Crippen LogP contribution < -0.4 is 14.8 Å². The first-order valence-corrected chi connectivity index (χ1v) is 10.3. The molecule has 0 unspecified atom stereocenters. The normalized spacial score (nSPS) is 15.5. The number of nitrogens with one attached hydrogen (secondary N) is 2. The molecule has 3 rings (SSSR count). The largest absolute Gasteiger partial charge is 0.496 e. The molecule has 28 heavy (non-hydrogen) atoms. The molecule has 0 spiro atoms. The molecule has 2 N–H and O–H groups in total. The van der Waals surface area contributed by atoms with E-state index in [0.29, 0.717) is 16.8 Å². The van der Waals surface area contributed by atoms with Gasteiger partial charge in [-0.1, -0.05) is 26.8 Å². The Bertz CT molecular complexity index is 1080. The molecule has 0 aromatic heterocycles. The monoisotopic (exact) mass is 400 g/mol. The van der Waals surface area contributed by atoms with Crippen LogP contribution in [-0.4, -0.2) is 28.5 Å². The maximum atomic E-state index is 12.5. The number of benzene rings is 2. The molecule has 6 nitrogen and oxygen atoms in total. The Morgan fingerprint density at radius 2 is 1.82 bits per heavy atom. The van der Waals surface area contributed by atoms with Gasteiger partial charge in [0.05, 0.1) is 12.0 Å². The highest BCUT2D eigenvalue weighted by Crippen LogP contribution is 2.37. The third-order valence-corrected chi connectivity index (χ3v) is 6.11. The Morgan fingerprint density at radius 1 is 1.11 bits per heavy atom. The predicted molar refractivity (Wildman–Crippen MR) is 111 cm³/mol. The zero-order chi connectivity index (χ0) is 20.7. The Kier molecular flexibility index (Phi) is 5.08. The highest BCUT2D eigenvalue weighted by Gasteiger charge is 2.27. The molecular formula is C21H24N2O4S. The van der Waals surface area contributed by atoms with E-state index < -0.39 is 10.0 Å². The minimum Gasteiger partial charge on any atom is -0.496 e. The Hall–Kier alpha value is -2.64. The summed E-state index contributed by atoms with van der Waals surface area (Å²) in [7, 11) is -0.614. The van der Waals surface area contributed by atoms with Crippen LogP contribution >= 0.6 is 0 Å². The fraction of sp³-hybridized carbons (Fsp3) is 0.286. The van der Waals surface area contributed by atoms with Crippen molar-refractivity contribution in [2.24, 2.45) is 0 Å². The van der Waals surface area contributed by atoms with Gasteiger partial charge in [-0.15, -0.1) is 0 Å². The van der Waals surface area contributed by atoms with E-state index in [4.69, 9.17) is 4.74 Å². The van der Waals surface area contributed by atoms with Crippen molar-refractivity contribution in [1.29, 1.82) is 0 Å². The van der Waals surface area contributed by atoms with Gasteiger partial charge in [-0.05, 0) is 54.4 Å². The van der Waals surface area contributed by atoms with Gasteiger partial charge in [0.2, 0.25) is 10.0 Å². The second kappa shape index (κ2) is 7.07. The number of amides is 1. The first kappa shape index (κ1) is 20.1. The van der Waals surface area contributed by atoms with Gasteiger partial charge in [0.25, 0.3) is 5.91 Å². The summed E-state index contributed by atoms with van der Waals surface area (Å²) in [5.74, 6) is 0.524. The fourth-order valence-corrected chi connectivity index (χ4v) is 3.92. The summed E-state index contributed by atoms with van der Waals surface area (Å²) in [6, 6.07) is 10.3. The van der Waals surface area contributed by atoms with Gasteiger partial charge < -0.3 is 10.1 Å². The molecule has 1 amide bonds. The molecule has 0 saturated carbocycles. The first-order valence-electron chi connectivity index (χ1n) is 8.86. The number of ether oxygens (including phenoxy) is 1. The van der Waals surface area contributed by atoms with E-state index >= 15 is 0 Å². The summed E-state index contributed by atoms with van der Waals surface area (Å²) in [5.41, 5.74) is 3.31. The molecule has 0 saturated heterocycles. The minimum absolute atomic E-state index is 0.112. The molecule has 0 bridgehead atoms. The third kappa shape index (κ3) is 3.68. The highest BCUT2D eigenvalue weighted by atomic mass is 32.2. The summed E-state index contributed by atoms with van der Waals surface area (Å²) in [4.78, 5) is 12.6. The molecular weight excluding hydrogens is 376 g/mol. The van der Waals surface area contributed by atoms with Gasteiger partial charge in [0.1, 0.15) is 5.75 Å². The van der Waals surface area contributed by atoms with E-state index in [2.05, 4.69) is 30.8 Å². The standard InChI is InChI=1S/C21H24N2O4S/c1-21(2,3)17-11-13(6-9-19(17)27-5)10-16-15-12-14(28(25,26)22-4)7-8-18(15)23-20(16)24/h6-12,22H,1-5H3,(H,23,24). The van der Waals surface area contributed by atoms with Crippen LogP contribution in [-0.2, 0) is 20.2 Å². The number of hydrogen-bond donors (Lipinski definition) is 2. The van der Waals surface area contributed by atoms with Crippen molar-refractivity contribution < 1.29 is 17.9 Å². The number of fused-ring (bicyclic) bond motifs is 1. The summed E-state index contributed by atoms with van der Waals surface area (Å²) >= 11 is 0. The second-order valence-corrected chi connectivity index (χ2v) is 9.52. The number of carbonyl (C=O) groups is 1. The number of rotatable bonds is 4. The lowest BCUT2D eigenvalue weighted by Crippen LogP contribution is -2.18. The minimum atomic E-state index is -3.60. The van der Waals surface area contributed by atoms with Crippen molar-refractivity contribution >= 4 is 33.3 Å². The number of anilines is 1. The Morgan fingerprint density at radius 3 is 2.43 bits per heavy atom. The van der Waals surface area contributed by atoms with Gasteiger partial charge in [0, 0.05) is 22.4 Å². The molecule has 0 radical (unpaired) electrons. The molecule has 1 aliphatic heterocycles. The van der Waals surface area contributed by atoms with Crippen LogP contribution in [0.2, 0.25) is 0 Å². The molecule has 0 fully saturated rings. The lowest BCUT2D eigenvalue weighted by atomic mass is 9.85. The summed E-state index contributed by atoms with van der Waals surface area (Å²) < 4.78 is 32.0. The van der Waals surface area contributed by atoms with Gasteiger partial charge >= 0.3 is 0 Å². The van der Waals surface area contributed by atoms with Gasteiger partial charge in [-0.2, -0.15) is 0 Å². The number of carbonyl (C=O) groups excluding carboxylic acids is 1. The van der Waals surface area contributed by atoms with Crippen LogP contribution in [0.15, 0.2) is 41.3 Å². The first-order chi connectivity index (χ1) is 13.1. The van der Waals surface area contributed by atoms with Gasteiger partial charge in [0.15, 0.2) is 0 Å². The molecule has 148 valence electrons. The maximum absolute atomic E-state index is 12.5. The van der Waals surface area contributed by atoms with E-state index in [0.717, 1.165) is 16.9 Å². The van der Waals surface area contributed by atoms with Crippen molar-refractivity contribution in [1.82, 2.24) is 4.72 Å². The van der Waals surface area contributed by atoms with Gasteiger partial charge in [-0.25, -0.2) is 13.1 Å².